The Morgan fingerprint density at radius 2 is 2.00 bits per heavy atom. The van der Waals surface area contributed by atoms with Gasteiger partial charge in [-0.05, 0) is 13.8 Å². The highest BCUT2D eigenvalue weighted by molar-refractivity contribution is 4.83. The lowest BCUT2D eigenvalue weighted by Gasteiger charge is -2.39. The summed E-state index contributed by atoms with van der Waals surface area (Å²) in [7, 11) is 0. The lowest BCUT2D eigenvalue weighted by atomic mass is 9.88. The predicted octanol–water partition coefficient (Wildman–Crippen LogP) is -0.922. The van der Waals surface area contributed by atoms with E-state index in [1.807, 2.05) is 13.8 Å². The lowest BCUT2D eigenvalue weighted by molar-refractivity contribution is -0.912. The van der Waals surface area contributed by atoms with Gasteiger partial charge in [-0.1, -0.05) is 0 Å². The van der Waals surface area contributed by atoms with Gasteiger partial charge in [0.1, 0.15) is 13.1 Å². The molecule has 2 N–H and O–H groups in total. The number of quaternary nitrogens is 1. The average Bonchev–Trinajstić information content (AvgIpc) is 2.23. The summed E-state index contributed by atoms with van der Waals surface area (Å²) in [5.74, 6) is 0.293. The van der Waals surface area contributed by atoms with Crippen LogP contribution in [0.3, 0.4) is 0 Å². The van der Waals surface area contributed by atoms with E-state index in [4.69, 9.17) is 9.47 Å². The summed E-state index contributed by atoms with van der Waals surface area (Å²) in [5, 5.41) is 10.1. The van der Waals surface area contributed by atoms with E-state index in [0.29, 0.717) is 12.5 Å². The van der Waals surface area contributed by atoms with Crippen LogP contribution in [0, 0.1) is 5.92 Å². The second-order valence-corrected chi connectivity index (χ2v) is 5.67. The second-order valence-electron chi connectivity index (χ2n) is 5.67. The van der Waals surface area contributed by atoms with Crippen LogP contribution in [-0.2, 0) is 9.47 Å². The molecule has 0 saturated carbocycles. The Bertz CT molecular complexity index is 226. The Kier molecular flexibility index (Phi) is 3.85. The molecule has 4 heteroatoms. The predicted molar refractivity (Wildman–Crippen MR) is 60.5 cm³/mol. The summed E-state index contributed by atoms with van der Waals surface area (Å²) >= 11 is 0. The SMILES string of the molecule is CC1(C)C[C@@H](O)[C@H](C[NH+]2CCOCC2)CO1. The summed E-state index contributed by atoms with van der Waals surface area (Å²) < 4.78 is 11.1. The Labute approximate surface area is 97.5 Å². The maximum absolute atomic E-state index is 10.1. The van der Waals surface area contributed by atoms with Crippen LogP contribution in [0.5, 0.6) is 0 Å². The number of hydrogen-bond donors (Lipinski definition) is 2. The van der Waals surface area contributed by atoms with Crippen molar-refractivity contribution in [2.45, 2.75) is 32.0 Å². The molecule has 0 bridgehead atoms. The summed E-state index contributed by atoms with van der Waals surface area (Å²) in [6.45, 7) is 9.63. The molecule has 2 atom stereocenters. The van der Waals surface area contributed by atoms with Crippen molar-refractivity contribution in [2.24, 2.45) is 5.92 Å². The molecule has 0 aromatic carbocycles. The van der Waals surface area contributed by atoms with Crippen molar-refractivity contribution in [3.63, 3.8) is 0 Å². The molecule has 2 rings (SSSR count). The van der Waals surface area contributed by atoms with E-state index >= 15 is 0 Å². The van der Waals surface area contributed by atoms with Gasteiger partial charge in [-0.2, -0.15) is 0 Å². The van der Waals surface area contributed by atoms with Gasteiger partial charge in [0.25, 0.3) is 0 Å². The zero-order chi connectivity index (χ0) is 11.6. The van der Waals surface area contributed by atoms with Gasteiger partial charge in [0.15, 0.2) is 0 Å². The lowest BCUT2D eigenvalue weighted by Crippen LogP contribution is -3.15. The normalized spacial score (nSPS) is 36.2. The van der Waals surface area contributed by atoms with Gasteiger partial charge < -0.3 is 19.5 Å². The fourth-order valence-electron chi connectivity index (χ4n) is 2.60. The topological polar surface area (TPSA) is 43.1 Å². The number of rotatable bonds is 2. The molecule has 2 aliphatic heterocycles. The van der Waals surface area contributed by atoms with Crippen LogP contribution in [-0.4, -0.2) is 56.3 Å². The Morgan fingerprint density at radius 1 is 1.31 bits per heavy atom. The van der Waals surface area contributed by atoms with E-state index < -0.39 is 0 Å². The number of morpholine rings is 1. The van der Waals surface area contributed by atoms with Gasteiger partial charge in [-0.3, -0.25) is 0 Å². The van der Waals surface area contributed by atoms with Crippen LogP contribution >= 0.6 is 0 Å². The van der Waals surface area contributed by atoms with Crippen molar-refractivity contribution in [1.29, 1.82) is 0 Å². The third-order valence-electron chi connectivity index (χ3n) is 3.68. The molecule has 0 unspecified atom stereocenters. The van der Waals surface area contributed by atoms with Crippen LogP contribution in [0.4, 0.5) is 0 Å². The first-order valence-corrected chi connectivity index (χ1v) is 6.30. The molecule has 0 aliphatic carbocycles. The maximum atomic E-state index is 10.1. The number of aliphatic hydroxyl groups excluding tert-OH is 1. The highest BCUT2D eigenvalue weighted by atomic mass is 16.5. The summed E-state index contributed by atoms with van der Waals surface area (Å²) in [6.07, 6.45) is 0.542. The molecule has 0 aromatic heterocycles. The molecular weight excluding hydrogens is 206 g/mol. The van der Waals surface area contributed by atoms with E-state index in [2.05, 4.69) is 0 Å². The minimum absolute atomic E-state index is 0.156. The minimum Gasteiger partial charge on any atom is -0.392 e. The van der Waals surface area contributed by atoms with Crippen LogP contribution in [0.25, 0.3) is 0 Å². The van der Waals surface area contributed by atoms with Crippen molar-refractivity contribution in [1.82, 2.24) is 0 Å². The van der Waals surface area contributed by atoms with E-state index in [1.54, 1.807) is 4.90 Å². The van der Waals surface area contributed by atoms with E-state index in [9.17, 15) is 5.11 Å². The van der Waals surface area contributed by atoms with E-state index in [0.717, 1.165) is 39.3 Å². The third kappa shape index (κ3) is 3.17. The quantitative estimate of drug-likeness (QED) is 0.645. The van der Waals surface area contributed by atoms with E-state index in [-0.39, 0.29) is 11.7 Å². The molecule has 0 radical (unpaired) electrons. The molecule has 2 aliphatic rings. The zero-order valence-electron chi connectivity index (χ0n) is 10.4. The number of aliphatic hydroxyl groups is 1. The number of hydrogen-bond acceptors (Lipinski definition) is 3. The first kappa shape index (κ1) is 12.3. The fraction of sp³-hybridized carbons (Fsp3) is 1.00. The molecule has 94 valence electrons. The van der Waals surface area contributed by atoms with Gasteiger partial charge in [0.05, 0.1) is 44.0 Å². The van der Waals surface area contributed by atoms with Crippen LogP contribution in [0.1, 0.15) is 20.3 Å². The summed E-state index contributed by atoms with van der Waals surface area (Å²) in [5.41, 5.74) is -0.156. The highest BCUT2D eigenvalue weighted by Gasteiger charge is 2.36. The number of nitrogens with one attached hydrogen (secondary N) is 1. The van der Waals surface area contributed by atoms with Crippen molar-refractivity contribution in [2.75, 3.05) is 39.5 Å². The molecule has 0 amide bonds. The third-order valence-corrected chi connectivity index (χ3v) is 3.68. The second kappa shape index (κ2) is 5.00. The maximum Gasteiger partial charge on any atom is 0.101 e. The summed E-state index contributed by atoms with van der Waals surface area (Å²) in [6, 6.07) is 0. The van der Waals surface area contributed by atoms with Crippen LogP contribution in [0.2, 0.25) is 0 Å². The standard InChI is InChI=1S/C12H23NO3/c1-12(2)7-11(14)10(9-16-12)8-13-3-5-15-6-4-13/h10-11,14H,3-9H2,1-2H3/p+1/t10-,11-/m1/s1. The first-order chi connectivity index (χ1) is 7.57. The zero-order valence-corrected chi connectivity index (χ0v) is 10.4. The van der Waals surface area contributed by atoms with Gasteiger partial charge in [0, 0.05) is 6.42 Å². The number of ether oxygens (including phenoxy) is 2. The molecule has 2 fully saturated rings. The Hall–Kier alpha value is -0.160. The fourth-order valence-corrected chi connectivity index (χ4v) is 2.60. The summed E-state index contributed by atoms with van der Waals surface area (Å²) in [4.78, 5) is 1.54. The smallest absolute Gasteiger partial charge is 0.101 e. The van der Waals surface area contributed by atoms with Gasteiger partial charge >= 0.3 is 0 Å². The van der Waals surface area contributed by atoms with Crippen LogP contribution in [0.15, 0.2) is 0 Å². The van der Waals surface area contributed by atoms with Crippen molar-refractivity contribution in [3.05, 3.63) is 0 Å². The highest BCUT2D eigenvalue weighted by Crippen LogP contribution is 2.26. The molecule has 0 spiro atoms. The van der Waals surface area contributed by atoms with Crippen LogP contribution < -0.4 is 4.90 Å². The van der Waals surface area contributed by atoms with E-state index in [1.165, 1.54) is 0 Å². The van der Waals surface area contributed by atoms with Crippen molar-refractivity contribution in [3.8, 4) is 0 Å². The molecule has 0 aromatic rings. The molecule has 2 saturated heterocycles. The van der Waals surface area contributed by atoms with Gasteiger partial charge in [0.2, 0.25) is 0 Å². The van der Waals surface area contributed by atoms with Gasteiger partial charge in [-0.15, -0.1) is 0 Å². The average molecular weight is 230 g/mol. The largest absolute Gasteiger partial charge is 0.392 e. The minimum atomic E-state index is -0.209. The molecule has 2 heterocycles. The van der Waals surface area contributed by atoms with Crippen molar-refractivity contribution >= 4 is 0 Å². The Morgan fingerprint density at radius 3 is 2.62 bits per heavy atom. The van der Waals surface area contributed by atoms with Crippen molar-refractivity contribution < 1.29 is 19.5 Å². The van der Waals surface area contributed by atoms with Gasteiger partial charge in [-0.25, -0.2) is 0 Å². The molecular formula is C12H24NO3+. The monoisotopic (exact) mass is 230 g/mol. The Balaban J connectivity index is 1.81. The molecule has 4 nitrogen and oxygen atoms in total. The molecule has 16 heavy (non-hydrogen) atoms. The first-order valence-electron chi connectivity index (χ1n) is 6.30.